The molecule has 8 heteroatoms. The predicted octanol–water partition coefficient (Wildman–Crippen LogP) is 2.11. The van der Waals surface area contributed by atoms with Gasteiger partial charge in [0.15, 0.2) is 0 Å². The standard InChI is InChI=1S/C33H36N2O6/c1-23-5-3-6-24(21-23)22-41-28-13-9-26(10-14-28)31(36)29-30(25-7-11-27(39-2)12-8-25)35(33(38)32(29)37)16-4-15-34-17-19-40-20-18-34/h3,5-14,21,30,36H,4,15-20,22H2,1-2H3. The number of nitrogens with one attached hydrogen (secondary N) is 1. The van der Waals surface area contributed by atoms with E-state index in [0.29, 0.717) is 35.8 Å². The second-order valence-electron chi connectivity index (χ2n) is 10.5. The third-order valence-corrected chi connectivity index (χ3v) is 7.69. The SMILES string of the molecule is COc1ccc(C2C(=C([O-])c3ccc(OCc4cccc(C)c4)cc3)C(=O)C(=O)N2CCC[NH+]2CCOCC2)cc1. The third-order valence-electron chi connectivity index (χ3n) is 7.69. The number of carbonyl (C=O) groups excluding carboxylic acids is 2. The van der Waals surface area contributed by atoms with Gasteiger partial charge in [-0.3, -0.25) is 9.59 Å². The van der Waals surface area contributed by atoms with Crippen LogP contribution in [0.4, 0.5) is 0 Å². The molecule has 0 saturated carbocycles. The van der Waals surface area contributed by atoms with E-state index in [1.807, 2.05) is 37.3 Å². The summed E-state index contributed by atoms with van der Waals surface area (Å²) in [6, 6.07) is 21.2. The molecule has 2 heterocycles. The van der Waals surface area contributed by atoms with E-state index >= 15 is 0 Å². The van der Waals surface area contributed by atoms with Crippen LogP contribution in [-0.4, -0.2) is 63.1 Å². The van der Waals surface area contributed by atoms with Crippen molar-refractivity contribution in [2.24, 2.45) is 0 Å². The summed E-state index contributed by atoms with van der Waals surface area (Å²) in [5, 5.41) is 13.8. The van der Waals surface area contributed by atoms with E-state index in [9.17, 15) is 14.7 Å². The van der Waals surface area contributed by atoms with Gasteiger partial charge in [0.2, 0.25) is 5.78 Å². The van der Waals surface area contributed by atoms with Crippen molar-refractivity contribution in [1.82, 2.24) is 4.90 Å². The number of likely N-dealkylation sites (tertiary alicyclic amines) is 1. The van der Waals surface area contributed by atoms with Gasteiger partial charge in [0.1, 0.15) is 31.2 Å². The average Bonchev–Trinajstić information content (AvgIpc) is 3.25. The minimum absolute atomic E-state index is 0.0210. The number of morpholine rings is 1. The smallest absolute Gasteiger partial charge is 0.295 e. The molecule has 0 spiro atoms. The molecule has 0 aromatic heterocycles. The molecule has 214 valence electrons. The molecule has 41 heavy (non-hydrogen) atoms. The van der Waals surface area contributed by atoms with Crippen LogP contribution in [0.15, 0.2) is 78.4 Å². The van der Waals surface area contributed by atoms with Gasteiger partial charge >= 0.3 is 0 Å². The van der Waals surface area contributed by atoms with Crippen molar-refractivity contribution in [3.8, 4) is 11.5 Å². The number of Topliss-reactive ketones (excluding diaryl/α,β-unsaturated/α-hetero) is 1. The van der Waals surface area contributed by atoms with Crippen LogP contribution in [0, 0.1) is 6.92 Å². The summed E-state index contributed by atoms with van der Waals surface area (Å²) in [7, 11) is 1.58. The van der Waals surface area contributed by atoms with Gasteiger partial charge < -0.3 is 29.1 Å². The minimum Gasteiger partial charge on any atom is -0.872 e. The molecule has 0 bridgehead atoms. The van der Waals surface area contributed by atoms with Gasteiger partial charge in [-0.1, -0.05) is 59.9 Å². The number of nitrogens with zero attached hydrogens (tertiary/aromatic N) is 1. The van der Waals surface area contributed by atoms with Crippen LogP contribution in [0.3, 0.4) is 0 Å². The minimum atomic E-state index is -0.759. The maximum atomic E-state index is 13.8. The Labute approximate surface area is 240 Å². The summed E-state index contributed by atoms with van der Waals surface area (Å²) in [5.41, 5.74) is 3.22. The van der Waals surface area contributed by atoms with Crippen LogP contribution >= 0.6 is 0 Å². The van der Waals surface area contributed by atoms with Crippen LogP contribution in [0.1, 0.15) is 34.7 Å². The summed E-state index contributed by atoms with van der Waals surface area (Å²) in [6.45, 7) is 6.99. The highest BCUT2D eigenvalue weighted by Crippen LogP contribution is 2.39. The van der Waals surface area contributed by atoms with E-state index in [0.717, 1.165) is 50.4 Å². The molecule has 3 aromatic rings. The lowest BCUT2D eigenvalue weighted by Gasteiger charge is -2.29. The van der Waals surface area contributed by atoms with Crippen LogP contribution in [-0.2, 0) is 20.9 Å². The van der Waals surface area contributed by atoms with E-state index in [4.69, 9.17) is 14.2 Å². The fraction of sp³-hybridized carbons (Fsp3) is 0.333. The summed E-state index contributed by atoms with van der Waals surface area (Å²) in [5.74, 6) is -0.559. The van der Waals surface area contributed by atoms with Crippen molar-refractivity contribution in [3.63, 3.8) is 0 Å². The van der Waals surface area contributed by atoms with Gasteiger partial charge in [-0.25, -0.2) is 0 Å². The van der Waals surface area contributed by atoms with Gasteiger partial charge in [-0.15, -0.1) is 0 Å². The van der Waals surface area contributed by atoms with E-state index < -0.39 is 23.5 Å². The Morgan fingerprint density at radius 3 is 2.39 bits per heavy atom. The number of hydrogen-bond donors (Lipinski definition) is 1. The number of benzene rings is 3. The second-order valence-corrected chi connectivity index (χ2v) is 10.5. The number of ether oxygens (including phenoxy) is 3. The molecule has 2 aliphatic heterocycles. The molecule has 1 unspecified atom stereocenters. The maximum absolute atomic E-state index is 13.8. The molecule has 5 rings (SSSR count). The molecule has 8 nitrogen and oxygen atoms in total. The van der Waals surface area contributed by atoms with E-state index in [-0.39, 0.29) is 5.57 Å². The van der Waals surface area contributed by atoms with E-state index in [1.54, 1.807) is 48.4 Å². The summed E-state index contributed by atoms with van der Waals surface area (Å²) in [4.78, 5) is 29.6. The average molecular weight is 557 g/mol. The fourth-order valence-electron chi connectivity index (χ4n) is 5.47. The molecule has 2 saturated heterocycles. The molecule has 0 aliphatic carbocycles. The number of methoxy groups -OCH3 is 1. The maximum Gasteiger partial charge on any atom is 0.295 e. The zero-order chi connectivity index (χ0) is 28.8. The highest BCUT2D eigenvalue weighted by atomic mass is 16.5. The topological polar surface area (TPSA) is 92.6 Å². The zero-order valence-electron chi connectivity index (χ0n) is 23.6. The first-order valence-electron chi connectivity index (χ1n) is 14.0. The van der Waals surface area contributed by atoms with Gasteiger partial charge in [-0.05, 0) is 47.9 Å². The highest BCUT2D eigenvalue weighted by Gasteiger charge is 2.44. The van der Waals surface area contributed by atoms with Crippen molar-refractivity contribution >= 4 is 17.4 Å². The molecule has 3 aromatic carbocycles. The molecule has 0 radical (unpaired) electrons. The van der Waals surface area contributed by atoms with Gasteiger partial charge in [-0.2, -0.15) is 0 Å². The molecule has 1 amide bonds. The summed E-state index contributed by atoms with van der Waals surface area (Å²) < 4.78 is 16.6. The fourth-order valence-corrected chi connectivity index (χ4v) is 5.47. The molecule has 2 fully saturated rings. The summed E-state index contributed by atoms with van der Waals surface area (Å²) in [6.07, 6.45) is 0.718. The first-order chi connectivity index (χ1) is 19.9. The lowest BCUT2D eigenvalue weighted by atomic mass is 9.95. The Balaban J connectivity index is 1.39. The molecule has 2 aliphatic rings. The van der Waals surface area contributed by atoms with E-state index in [2.05, 4.69) is 6.07 Å². The van der Waals surface area contributed by atoms with Gasteiger partial charge in [0.05, 0.1) is 32.9 Å². The zero-order valence-corrected chi connectivity index (χ0v) is 23.6. The van der Waals surface area contributed by atoms with Gasteiger partial charge in [0, 0.05) is 18.5 Å². The van der Waals surface area contributed by atoms with Crippen LogP contribution < -0.4 is 19.5 Å². The van der Waals surface area contributed by atoms with Crippen molar-refractivity contribution in [3.05, 3.63) is 101 Å². The predicted molar refractivity (Wildman–Crippen MR) is 152 cm³/mol. The number of aryl methyl sites for hydroxylation is 1. The normalized spacial score (nSPS) is 19.0. The van der Waals surface area contributed by atoms with Crippen molar-refractivity contribution in [2.45, 2.75) is 26.0 Å². The number of hydrogen-bond acceptors (Lipinski definition) is 6. The van der Waals surface area contributed by atoms with Gasteiger partial charge in [0.25, 0.3) is 5.91 Å². The van der Waals surface area contributed by atoms with E-state index in [1.165, 1.54) is 4.90 Å². The number of amides is 1. The van der Waals surface area contributed by atoms with Crippen LogP contribution in [0.25, 0.3) is 5.76 Å². The highest BCUT2D eigenvalue weighted by molar-refractivity contribution is 6.46. The van der Waals surface area contributed by atoms with Crippen molar-refractivity contribution < 1.29 is 33.8 Å². The largest absolute Gasteiger partial charge is 0.872 e. The second kappa shape index (κ2) is 13.0. The Hall–Kier alpha value is -4.14. The summed E-state index contributed by atoms with van der Waals surface area (Å²) >= 11 is 0. The number of rotatable bonds is 10. The number of quaternary nitrogens is 1. The molecular weight excluding hydrogens is 520 g/mol. The van der Waals surface area contributed by atoms with Crippen LogP contribution in [0.5, 0.6) is 11.5 Å². The van der Waals surface area contributed by atoms with Crippen molar-refractivity contribution in [1.29, 1.82) is 0 Å². The molecule has 1 atom stereocenters. The third kappa shape index (κ3) is 6.61. The lowest BCUT2D eigenvalue weighted by molar-refractivity contribution is -0.908. The van der Waals surface area contributed by atoms with Crippen molar-refractivity contribution in [2.75, 3.05) is 46.5 Å². The quantitative estimate of drug-likeness (QED) is 0.234. The Bertz CT molecular complexity index is 1390. The Morgan fingerprint density at radius 1 is 1.00 bits per heavy atom. The van der Waals surface area contributed by atoms with Crippen LogP contribution in [0.2, 0.25) is 0 Å². The lowest BCUT2D eigenvalue weighted by Crippen LogP contribution is -3.14. The number of ketones is 1. The molecular formula is C33H36N2O6. The first kappa shape index (κ1) is 28.4. The number of carbonyl (C=O) groups is 2. The first-order valence-corrected chi connectivity index (χ1v) is 14.0. The monoisotopic (exact) mass is 556 g/mol. The molecule has 1 N–H and O–H groups in total. The Kier molecular flexibility index (Phi) is 9.01. The Morgan fingerprint density at radius 2 is 1.71 bits per heavy atom.